The third-order valence-corrected chi connectivity index (χ3v) is 2.99. The van der Waals surface area contributed by atoms with Crippen LogP contribution in [-0.4, -0.2) is 12.1 Å². The van der Waals surface area contributed by atoms with Crippen molar-refractivity contribution in [3.05, 3.63) is 0 Å². The Bertz CT molecular complexity index is 104. The van der Waals surface area contributed by atoms with Crippen LogP contribution >= 0.6 is 0 Å². The summed E-state index contributed by atoms with van der Waals surface area (Å²) in [5.41, 5.74) is 0. The normalized spacial score (nSPS) is 23.5. The average Bonchev–Trinajstić information content (AvgIpc) is 2.33. The van der Waals surface area contributed by atoms with Gasteiger partial charge in [0.1, 0.15) is 0 Å². The Morgan fingerprint density at radius 2 is 1.75 bits per heavy atom. The van der Waals surface area contributed by atoms with E-state index in [0.29, 0.717) is 6.04 Å². The van der Waals surface area contributed by atoms with Crippen molar-refractivity contribution in [3.8, 4) is 0 Å². The summed E-state index contributed by atoms with van der Waals surface area (Å²) in [7, 11) is 0. The molecule has 0 radical (unpaired) electrons. The number of hydrogen-bond donors (Lipinski definition) is 1. The van der Waals surface area contributed by atoms with Crippen LogP contribution in [0.25, 0.3) is 0 Å². The Hall–Kier alpha value is -0.0400. The fraction of sp³-hybridized carbons (Fsp3) is 1.00. The lowest BCUT2D eigenvalue weighted by molar-refractivity contribution is 0.401. The molecule has 0 unspecified atom stereocenters. The van der Waals surface area contributed by atoms with E-state index in [2.05, 4.69) is 19.2 Å². The quantitative estimate of drug-likeness (QED) is 0.640. The van der Waals surface area contributed by atoms with E-state index in [1.54, 1.807) is 0 Å². The average molecular weight is 169 g/mol. The third kappa shape index (κ3) is 3.57. The highest BCUT2D eigenvalue weighted by atomic mass is 14.9. The van der Waals surface area contributed by atoms with Gasteiger partial charge in [0, 0.05) is 12.1 Å². The molecule has 1 saturated carbocycles. The highest BCUT2D eigenvalue weighted by Crippen LogP contribution is 2.17. The van der Waals surface area contributed by atoms with Crippen LogP contribution in [0.15, 0.2) is 0 Å². The van der Waals surface area contributed by atoms with E-state index in [0.717, 1.165) is 6.04 Å². The monoisotopic (exact) mass is 169 g/mol. The molecule has 0 saturated heterocycles. The van der Waals surface area contributed by atoms with Gasteiger partial charge in [-0.3, -0.25) is 0 Å². The molecular formula is C11H23N. The number of hydrogen-bond acceptors (Lipinski definition) is 1. The van der Waals surface area contributed by atoms with E-state index in [4.69, 9.17) is 0 Å². The van der Waals surface area contributed by atoms with Crippen molar-refractivity contribution in [3.63, 3.8) is 0 Å². The molecule has 1 N–H and O–H groups in total. The first-order chi connectivity index (χ1) is 5.83. The Kier molecular flexibility index (Phi) is 4.67. The van der Waals surface area contributed by atoms with Crippen LogP contribution in [0.5, 0.6) is 0 Å². The summed E-state index contributed by atoms with van der Waals surface area (Å²) in [5.74, 6) is 0. The van der Waals surface area contributed by atoms with Gasteiger partial charge in [-0.25, -0.2) is 0 Å². The van der Waals surface area contributed by atoms with Crippen molar-refractivity contribution < 1.29 is 0 Å². The maximum Gasteiger partial charge on any atom is 0.00695 e. The van der Waals surface area contributed by atoms with Crippen LogP contribution in [0, 0.1) is 0 Å². The highest BCUT2D eigenvalue weighted by molar-refractivity contribution is 4.73. The third-order valence-electron chi connectivity index (χ3n) is 2.99. The molecule has 1 fully saturated rings. The minimum Gasteiger partial charge on any atom is -0.312 e. The van der Waals surface area contributed by atoms with Crippen molar-refractivity contribution in [2.75, 3.05) is 0 Å². The molecule has 1 aliphatic rings. The van der Waals surface area contributed by atoms with Crippen LogP contribution in [0.4, 0.5) is 0 Å². The predicted octanol–water partition coefficient (Wildman–Crippen LogP) is 3.10. The van der Waals surface area contributed by atoms with Gasteiger partial charge in [-0.2, -0.15) is 0 Å². The second-order valence-corrected chi connectivity index (χ2v) is 4.16. The SMILES string of the molecule is CC[C@H](C)NC1CCCCCC1. The molecule has 1 heteroatoms. The fourth-order valence-electron chi connectivity index (χ4n) is 1.97. The molecule has 0 aromatic rings. The second kappa shape index (κ2) is 5.58. The summed E-state index contributed by atoms with van der Waals surface area (Å²) in [6.45, 7) is 4.55. The van der Waals surface area contributed by atoms with E-state index < -0.39 is 0 Å². The van der Waals surface area contributed by atoms with Crippen LogP contribution in [0.2, 0.25) is 0 Å². The first-order valence-corrected chi connectivity index (χ1v) is 5.59. The largest absolute Gasteiger partial charge is 0.312 e. The van der Waals surface area contributed by atoms with Crippen molar-refractivity contribution in [2.24, 2.45) is 0 Å². The fourth-order valence-corrected chi connectivity index (χ4v) is 1.97. The zero-order valence-electron chi connectivity index (χ0n) is 8.60. The molecule has 0 aromatic carbocycles. The van der Waals surface area contributed by atoms with Gasteiger partial charge in [-0.1, -0.05) is 32.6 Å². The molecule has 12 heavy (non-hydrogen) atoms. The molecule has 1 aliphatic carbocycles. The molecule has 0 aliphatic heterocycles. The van der Waals surface area contributed by atoms with Gasteiger partial charge in [0.15, 0.2) is 0 Å². The molecule has 0 spiro atoms. The van der Waals surface area contributed by atoms with Gasteiger partial charge in [-0.05, 0) is 26.2 Å². The molecule has 1 nitrogen and oxygen atoms in total. The molecule has 1 atom stereocenters. The van der Waals surface area contributed by atoms with Gasteiger partial charge in [0.2, 0.25) is 0 Å². The summed E-state index contributed by atoms with van der Waals surface area (Å²) in [6, 6.07) is 1.54. The van der Waals surface area contributed by atoms with Gasteiger partial charge in [0.25, 0.3) is 0 Å². The van der Waals surface area contributed by atoms with E-state index >= 15 is 0 Å². The Balaban J connectivity index is 2.20. The Morgan fingerprint density at radius 3 is 2.25 bits per heavy atom. The second-order valence-electron chi connectivity index (χ2n) is 4.16. The van der Waals surface area contributed by atoms with E-state index in [1.165, 1.54) is 44.9 Å². The van der Waals surface area contributed by atoms with Crippen LogP contribution in [0.3, 0.4) is 0 Å². The van der Waals surface area contributed by atoms with Crippen molar-refractivity contribution in [1.82, 2.24) is 5.32 Å². The van der Waals surface area contributed by atoms with E-state index in [9.17, 15) is 0 Å². The van der Waals surface area contributed by atoms with Gasteiger partial charge in [0.05, 0.1) is 0 Å². The lowest BCUT2D eigenvalue weighted by Gasteiger charge is -2.20. The first kappa shape index (κ1) is 10.0. The van der Waals surface area contributed by atoms with Crippen LogP contribution in [0.1, 0.15) is 58.8 Å². The lowest BCUT2D eigenvalue weighted by atomic mass is 10.1. The molecule has 1 rings (SSSR count). The number of nitrogens with one attached hydrogen (secondary N) is 1. The molecule has 0 heterocycles. The summed E-state index contributed by atoms with van der Waals surface area (Å²) >= 11 is 0. The van der Waals surface area contributed by atoms with Crippen molar-refractivity contribution in [1.29, 1.82) is 0 Å². The Labute approximate surface area is 76.9 Å². The minimum atomic E-state index is 0.716. The minimum absolute atomic E-state index is 0.716. The van der Waals surface area contributed by atoms with Crippen molar-refractivity contribution >= 4 is 0 Å². The Morgan fingerprint density at radius 1 is 1.17 bits per heavy atom. The standard InChI is InChI=1S/C11H23N/c1-3-10(2)12-11-8-6-4-5-7-9-11/h10-12H,3-9H2,1-2H3/t10-/m0/s1. The van der Waals surface area contributed by atoms with Gasteiger partial charge in [-0.15, -0.1) is 0 Å². The zero-order valence-corrected chi connectivity index (χ0v) is 8.60. The maximum atomic E-state index is 3.71. The zero-order chi connectivity index (χ0) is 8.81. The van der Waals surface area contributed by atoms with Crippen LogP contribution in [-0.2, 0) is 0 Å². The smallest absolute Gasteiger partial charge is 0.00695 e. The van der Waals surface area contributed by atoms with Gasteiger partial charge >= 0.3 is 0 Å². The van der Waals surface area contributed by atoms with Crippen molar-refractivity contribution in [2.45, 2.75) is 70.9 Å². The first-order valence-electron chi connectivity index (χ1n) is 5.59. The van der Waals surface area contributed by atoms with E-state index in [-0.39, 0.29) is 0 Å². The maximum absolute atomic E-state index is 3.71. The molecule has 0 amide bonds. The lowest BCUT2D eigenvalue weighted by Crippen LogP contribution is -2.35. The summed E-state index contributed by atoms with van der Waals surface area (Å²) in [4.78, 5) is 0. The topological polar surface area (TPSA) is 12.0 Å². The highest BCUT2D eigenvalue weighted by Gasteiger charge is 2.12. The molecule has 72 valence electrons. The summed E-state index contributed by atoms with van der Waals surface area (Å²) in [6.07, 6.45) is 9.87. The molecule has 0 aromatic heterocycles. The molecule has 0 bridgehead atoms. The predicted molar refractivity (Wildman–Crippen MR) is 54.4 cm³/mol. The number of rotatable bonds is 3. The summed E-state index contributed by atoms with van der Waals surface area (Å²) < 4.78 is 0. The summed E-state index contributed by atoms with van der Waals surface area (Å²) in [5, 5.41) is 3.71. The van der Waals surface area contributed by atoms with E-state index in [1.807, 2.05) is 0 Å². The van der Waals surface area contributed by atoms with Gasteiger partial charge < -0.3 is 5.32 Å². The van der Waals surface area contributed by atoms with Crippen LogP contribution < -0.4 is 5.32 Å². The molecular weight excluding hydrogens is 146 g/mol.